The van der Waals surface area contributed by atoms with Crippen molar-refractivity contribution >= 4 is 5.96 Å². The molecule has 0 saturated heterocycles. The molecule has 0 amide bonds. The normalized spacial score (nSPS) is 15.3. The van der Waals surface area contributed by atoms with Crippen molar-refractivity contribution in [1.82, 2.24) is 15.5 Å². The molecule has 26 heavy (non-hydrogen) atoms. The number of aliphatic imine (C=N–C) groups is 1. The van der Waals surface area contributed by atoms with E-state index in [1.807, 2.05) is 18.2 Å². The van der Waals surface area contributed by atoms with Gasteiger partial charge in [0.05, 0.1) is 20.8 Å². The lowest BCUT2D eigenvalue weighted by atomic mass is 10.2. The SMILES string of the molecule is CCNC(=NCc1ccc(OC)cc1OC)NCCN(C)C1CCCC1. The van der Waals surface area contributed by atoms with Crippen molar-refractivity contribution in [3.63, 3.8) is 0 Å². The first-order valence-corrected chi connectivity index (χ1v) is 9.61. The fourth-order valence-corrected chi connectivity index (χ4v) is 3.37. The lowest BCUT2D eigenvalue weighted by Gasteiger charge is -2.24. The van der Waals surface area contributed by atoms with E-state index in [2.05, 4.69) is 29.5 Å². The number of methoxy groups -OCH3 is 2. The first-order valence-electron chi connectivity index (χ1n) is 9.61. The third-order valence-electron chi connectivity index (χ3n) is 4.95. The fraction of sp³-hybridized carbons (Fsp3) is 0.650. The molecule has 0 atom stereocenters. The molecule has 0 bridgehead atoms. The third-order valence-corrected chi connectivity index (χ3v) is 4.95. The van der Waals surface area contributed by atoms with Crippen LogP contribution < -0.4 is 20.1 Å². The van der Waals surface area contributed by atoms with E-state index < -0.39 is 0 Å². The van der Waals surface area contributed by atoms with Gasteiger partial charge in [0.15, 0.2) is 5.96 Å². The van der Waals surface area contributed by atoms with Crippen molar-refractivity contribution in [2.75, 3.05) is 40.9 Å². The molecule has 1 fully saturated rings. The van der Waals surface area contributed by atoms with E-state index >= 15 is 0 Å². The molecule has 146 valence electrons. The molecule has 1 saturated carbocycles. The second-order valence-corrected chi connectivity index (χ2v) is 6.72. The van der Waals surface area contributed by atoms with Gasteiger partial charge < -0.3 is 25.0 Å². The van der Waals surface area contributed by atoms with Crippen molar-refractivity contribution in [2.45, 2.75) is 45.2 Å². The second kappa shape index (κ2) is 10.9. The molecule has 0 unspecified atom stereocenters. The Labute approximate surface area is 158 Å². The number of ether oxygens (including phenoxy) is 2. The summed E-state index contributed by atoms with van der Waals surface area (Å²) in [6, 6.07) is 6.57. The number of benzene rings is 1. The van der Waals surface area contributed by atoms with Crippen molar-refractivity contribution in [2.24, 2.45) is 4.99 Å². The topological polar surface area (TPSA) is 58.1 Å². The minimum atomic E-state index is 0.557. The Morgan fingerprint density at radius 1 is 1.19 bits per heavy atom. The maximum atomic E-state index is 5.45. The predicted octanol–water partition coefficient (Wildman–Crippen LogP) is 2.63. The smallest absolute Gasteiger partial charge is 0.191 e. The highest BCUT2D eigenvalue weighted by molar-refractivity contribution is 5.79. The minimum Gasteiger partial charge on any atom is -0.497 e. The molecular formula is C20H34N4O2. The van der Waals surface area contributed by atoms with Gasteiger partial charge in [0, 0.05) is 37.3 Å². The number of nitrogens with one attached hydrogen (secondary N) is 2. The van der Waals surface area contributed by atoms with Gasteiger partial charge in [0.25, 0.3) is 0 Å². The van der Waals surface area contributed by atoms with Crippen LogP contribution in [0.5, 0.6) is 11.5 Å². The van der Waals surface area contributed by atoms with Gasteiger partial charge in [-0.1, -0.05) is 12.8 Å². The van der Waals surface area contributed by atoms with Crippen LogP contribution in [0.3, 0.4) is 0 Å². The number of hydrogen-bond donors (Lipinski definition) is 2. The standard InChI is InChI=1S/C20H34N4O2/c1-5-21-20(22-12-13-24(2)17-8-6-7-9-17)23-15-16-10-11-18(25-3)14-19(16)26-4/h10-11,14,17H,5-9,12-13,15H2,1-4H3,(H2,21,22,23). The van der Waals surface area contributed by atoms with Crippen LogP contribution in [-0.4, -0.2) is 57.8 Å². The van der Waals surface area contributed by atoms with E-state index in [0.29, 0.717) is 6.54 Å². The molecule has 0 aromatic heterocycles. The summed E-state index contributed by atoms with van der Waals surface area (Å²) in [5.41, 5.74) is 1.04. The highest BCUT2D eigenvalue weighted by atomic mass is 16.5. The molecule has 0 radical (unpaired) electrons. The lowest BCUT2D eigenvalue weighted by molar-refractivity contribution is 0.249. The van der Waals surface area contributed by atoms with Gasteiger partial charge in [-0.05, 0) is 38.9 Å². The zero-order valence-electron chi connectivity index (χ0n) is 16.7. The summed E-state index contributed by atoms with van der Waals surface area (Å²) in [7, 11) is 5.55. The molecular weight excluding hydrogens is 328 g/mol. The number of nitrogens with zero attached hydrogens (tertiary/aromatic N) is 2. The summed E-state index contributed by atoms with van der Waals surface area (Å²) in [5, 5.41) is 6.75. The third kappa shape index (κ3) is 6.09. The van der Waals surface area contributed by atoms with Crippen LogP contribution in [0, 0.1) is 0 Å². The maximum Gasteiger partial charge on any atom is 0.191 e. The molecule has 1 aliphatic rings. The maximum absolute atomic E-state index is 5.45. The van der Waals surface area contributed by atoms with Crippen LogP contribution in [0.2, 0.25) is 0 Å². The lowest BCUT2D eigenvalue weighted by Crippen LogP contribution is -2.42. The quantitative estimate of drug-likeness (QED) is 0.522. The van der Waals surface area contributed by atoms with Crippen molar-refractivity contribution in [3.05, 3.63) is 23.8 Å². The zero-order chi connectivity index (χ0) is 18.8. The van der Waals surface area contributed by atoms with E-state index in [4.69, 9.17) is 14.5 Å². The Kier molecular flexibility index (Phi) is 8.54. The van der Waals surface area contributed by atoms with Gasteiger partial charge in [-0.2, -0.15) is 0 Å². The summed E-state index contributed by atoms with van der Waals surface area (Å²) in [5.74, 6) is 2.42. The summed E-state index contributed by atoms with van der Waals surface area (Å²) in [6.07, 6.45) is 5.41. The van der Waals surface area contributed by atoms with Crippen molar-refractivity contribution in [3.8, 4) is 11.5 Å². The molecule has 6 nitrogen and oxygen atoms in total. The zero-order valence-corrected chi connectivity index (χ0v) is 16.7. The molecule has 0 aliphatic heterocycles. The average Bonchev–Trinajstić information content (AvgIpc) is 3.20. The molecule has 6 heteroatoms. The monoisotopic (exact) mass is 362 g/mol. The van der Waals surface area contributed by atoms with Crippen LogP contribution >= 0.6 is 0 Å². The Morgan fingerprint density at radius 2 is 1.96 bits per heavy atom. The highest BCUT2D eigenvalue weighted by Crippen LogP contribution is 2.25. The molecule has 0 heterocycles. The van der Waals surface area contributed by atoms with Gasteiger partial charge in [-0.15, -0.1) is 0 Å². The average molecular weight is 363 g/mol. The van der Waals surface area contributed by atoms with Gasteiger partial charge >= 0.3 is 0 Å². The van der Waals surface area contributed by atoms with E-state index in [0.717, 1.165) is 48.7 Å². The van der Waals surface area contributed by atoms with Gasteiger partial charge in [-0.25, -0.2) is 4.99 Å². The van der Waals surface area contributed by atoms with E-state index in [9.17, 15) is 0 Å². The molecule has 2 N–H and O–H groups in total. The van der Waals surface area contributed by atoms with Gasteiger partial charge in [0.2, 0.25) is 0 Å². The molecule has 2 rings (SSSR count). The first-order chi connectivity index (χ1) is 12.7. The Morgan fingerprint density at radius 3 is 2.62 bits per heavy atom. The number of guanidine groups is 1. The highest BCUT2D eigenvalue weighted by Gasteiger charge is 2.18. The minimum absolute atomic E-state index is 0.557. The van der Waals surface area contributed by atoms with Crippen LogP contribution in [0.15, 0.2) is 23.2 Å². The first kappa shape index (κ1) is 20.4. The summed E-state index contributed by atoms with van der Waals surface area (Å²) in [6.45, 7) is 5.39. The summed E-state index contributed by atoms with van der Waals surface area (Å²) in [4.78, 5) is 7.17. The fourth-order valence-electron chi connectivity index (χ4n) is 3.37. The van der Waals surface area contributed by atoms with Crippen LogP contribution in [0.1, 0.15) is 38.2 Å². The Balaban J connectivity index is 1.89. The van der Waals surface area contributed by atoms with Crippen LogP contribution in [0.4, 0.5) is 0 Å². The second-order valence-electron chi connectivity index (χ2n) is 6.72. The van der Waals surface area contributed by atoms with E-state index in [1.165, 1.54) is 25.7 Å². The number of hydrogen-bond acceptors (Lipinski definition) is 4. The molecule has 1 aromatic rings. The molecule has 1 aromatic carbocycles. The number of rotatable bonds is 9. The molecule has 1 aliphatic carbocycles. The summed E-state index contributed by atoms with van der Waals surface area (Å²) < 4.78 is 10.7. The van der Waals surface area contributed by atoms with Gasteiger partial charge in [0.1, 0.15) is 11.5 Å². The summed E-state index contributed by atoms with van der Waals surface area (Å²) >= 11 is 0. The van der Waals surface area contributed by atoms with Crippen molar-refractivity contribution in [1.29, 1.82) is 0 Å². The predicted molar refractivity (Wildman–Crippen MR) is 107 cm³/mol. The Bertz CT molecular complexity index is 571. The van der Waals surface area contributed by atoms with Crippen molar-refractivity contribution < 1.29 is 9.47 Å². The van der Waals surface area contributed by atoms with E-state index in [-0.39, 0.29) is 0 Å². The van der Waals surface area contributed by atoms with Gasteiger partial charge in [-0.3, -0.25) is 0 Å². The molecule has 0 spiro atoms. The largest absolute Gasteiger partial charge is 0.497 e. The van der Waals surface area contributed by atoms with Crippen LogP contribution in [-0.2, 0) is 6.54 Å². The van der Waals surface area contributed by atoms with Crippen LogP contribution in [0.25, 0.3) is 0 Å². The Hall–Kier alpha value is -1.95. The number of likely N-dealkylation sites (N-methyl/N-ethyl adjacent to an activating group) is 1. The van der Waals surface area contributed by atoms with E-state index in [1.54, 1.807) is 14.2 Å².